The van der Waals surface area contributed by atoms with Crippen LogP contribution in [0.5, 0.6) is 0 Å². The Morgan fingerprint density at radius 1 is 0.864 bits per heavy atom. The molecule has 0 aliphatic carbocycles. The standard InChI is InChI=1S/C22H40/c1-12-14-19(15-18(13-2)20(5,6)7)22(10,11)16-21(8,9)17(3)4/h12-15,17H,16H2,1-11H3/b14-12-,18-13+,19-15+. The summed E-state index contributed by atoms with van der Waals surface area (Å²) in [6.07, 6.45) is 10.3. The van der Waals surface area contributed by atoms with Crippen molar-refractivity contribution in [1.82, 2.24) is 0 Å². The van der Waals surface area contributed by atoms with Crippen LogP contribution in [0.1, 0.15) is 82.6 Å². The number of rotatable bonds is 6. The lowest BCUT2D eigenvalue weighted by Gasteiger charge is -2.39. The van der Waals surface area contributed by atoms with Crippen LogP contribution in [0.4, 0.5) is 0 Å². The van der Waals surface area contributed by atoms with Crippen LogP contribution in [0.15, 0.2) is 35.5 Å². The third-order valence-electron chi connectivity index (χ3n) is 5.08. The van der Waals surface area contributed by atoms with Crippen LogP contribution in [-0.4, -0.2) is 0 Å². The number of hydrogen-bond donors (Lipinski definition) is 0. The van der Waals surface area contributed by atoms with Gasteiger partial charge in [-0.25, -0.2) is 0 Å². The topological polar surface area (TPSA) is 0 Å². The SMILES string of the molecule is C\C=C/C(=C\C(=C/C)C(C)(C)C)C(C)(C)CC(C)(C)C(C)C. The summed E-state index contributed by atoms with van der Waals surface area (Å²) in [5, 5.41) is 0. The van der Waals surface area contributed by atoms with E-state index in [4.69, 9.17) is 0 Å². The highest BCUT2D eigenvalue weighted by atomic mass is 14.4. The zero-order valence-corrected chi connectivity index (χ0v) is 17.1. The normalized spacial score (nSPS) is 16.0. The molecule has 0 unspecified atom stereocenters. The summed E-state index contributed by atoms with van der Waals surface area (Å²) >= 11 is 0. The molecule has 0 radical (unpaired) electrons. The molecule has 0 rings (SSSR count). The first-order valence-electron chi connectivity index (χ1n) is 8.79. The quantitative estimate of drug-likeness (QED) is 0.444. The van der Waals surface area contributed by atoms with E-state index in [9.17, 15) is 0 Å². The average Bonchev–Trinajstić information content (AvgIpc) is 2.30. The number of allylic oxidation sites excluding steroid dienone is 6. The molecule has 0 amide bonds. The molecule has 0 bridgehead atoms. The minimum Gasteiger partial charge on any atom is -0.0874 e. The maximum Gasteiger partial charge on any atom is -0.00984 e. The lowest BCUT2D eigenvalue weighted by Crippen LogP contribution is -2.29. The minimum atomic E-state index is 0.166. The van der Waals surface area contributed by atoms with Gasteiger partial charge in [0.15, 0.2) is 0 Å². The summed E-state index contributed by atoms with van der Waals surface area (Å²) in [5.41, 5.74) is 3.54. The van der Waals surface area contributed by atoms with E-state index < -0.39 is 0 Å². The van der Waals surface area contributed by atoms with Gasteiger partial charge in [0.05, 0.1) is 0 Å². The van der Waals surface area contributed by atoms with Gasteiger partial charge in [-0.15, -0.1) is 0 Å². The molecule has 0 atom stereocenters. The molecule has 0 aromatic carbocycles. The van der Waals surface area contributed by atoms with Gasteiger partial charge in [0.1, 0.15) is 0 Å². The molecule has 0 nitrogen and oxygen atoms in total. The van der Waals surface area contributed by atoms with Crippen LogP contribution in [0.2, 0.25) is 0 Å². The first-order chi connectivity index (χ1) is 9.78. The second kappa shape index (κ2) is 7.66. The van der Waals surface area contributed by atoms with Gasteiger partial charge in [0, 0.05) is 0 Å². The molecule has 0 aliphatic heterocycles. The van der Waals surface area contributed by atoms with Crippen molar-refractivity contribution in [2.24, 2.45) is 22.2 Å². The van der Waals surface area contributed by atoms with Crippen LogP contribution in [0.25, 0.3) is 0 Å². The Morgan fingerprint density at radius 2 is 1.36 bits per heavy atom. The molecular weight excluding hydrogens is 264 g/mol. The maximum atomic E-state index is 2.41. The van der Waals surface area contributed by atoms with E-state index in [2.05, 4.69) is 100 Å². The minimum absolute atomic E-state index is 0.166. The highest BCUT2D eigenvalue weighted by molar-refractivity contribution is 5.36. The van der Waals surface area contributed by atoms with Crippen molar-refractivity contribution in [2.45, 2.75) is 82.6 Å². The van der Waals surface area contributed by atoms with Gasteiger partial charge >= 0.3 is 0 Å². The Kier molecular flexibility index (Phi) is 7.39. The molecule has 0 heteroatoms. The Morgan fingerprint density at radius 3 is 1.68 bits per heavy atom. The second-order valence-electron chi connectivity index (χ2n) is 9.30. The van der Waals surface area contributed by atoms with Gasteiger partial charge in [-0.2, -0.15) is 0 Å². The van der Waals surface area contributed by atoms with Crippen molar-refractivity contribution in [3.05, 3.63) is 35.5 Å². The third kappa shape index (κ3) is 6.15. The lowest BCUT2D eigenvalue weighted by atomic mass is 9.66. The Balaban J connectivity index is 5.77. The van der Waals surface area contributed by atoms with E-state index in [0.29, 0.717) is 11.3 Å². The summed E-state index contributed by atoms with van der Waals surface area (Å²) in [7, 11) is 0. The van der Waals surface area contributed by atoms with Gasteiger partial charge < -0.3 is 0 Å². The van der Waals surface area contributed by atoms with E-state index >= 15 is 0 Å². The smallest absolute Gasteiger partial charge is 0.00984 e. The van der Waals surface area contributed by atoms with Crippen LogP contribution in [-0.2, 0) is 0 Å². The van der Waals surface area contributed by atoms with Crippen LogP contribution in [0.3, 0.4) is 0 Å². The van der Waals surface area contributed by atoms with Crippen molar-refractivity contribution in [1.29, 1.82) is 0 Å². The van der Waals surface area contributed by atoms with Crippen molar-refractivity contribution >= 4 is 0 Å². The highest BCUT2D eigenvalue weighted by Gasteiger charge is 2.33. The fourth-order valence-electron chi connectivity index (χ4n) is 2.99. The van der Waals surface area contributed by atoms with Crippen LogP contribution >= 0.6 is 0 Å². The van der Waals surface area contributed by atoms with Crippen LogP contribution < -0.4 is 0 Å². The molecule has 0 fully saturated rings. The molecular formula is C22H40. The summed E-state index contributed by atoms with van der Waals surface area (Å²) in [6, 6.07) is 0. The Hall–Kier alpha value is -0.780. The van der Waals surface area contributed by atoms with Crippen molar-refractivity contribution in [3.63, 3.8) is 0 Å². The average molecular weight is 305 g/mol. The third-order valence-corrected chi connectivity index (χ3v) is 5.08. The van der Waals surface area contributed by atoms with Gasteiger partial charge in [0.2, 0.25) is 0 Å². The van der Waals surface area contributed by atoms with Crippen molar-refractivity contribution < 1.29 is 0 Å². The van der Waals surface area contributed by atoms with E-state index in [-0.39, 0.29) is 10.8 Å². The fourth-order valence-corrected chi connectivity index (χ4v) is 2.99. The molecule has 0 saturated heterocycles. The Bertz CT molecular complexity index is 431. The van der Waals surface area contributed by atoms with E-state index in [1.54, 1.807) is 0 Å². The van der Waals surface area contributed by atoms with Gasteiger partial charge in [0.25, 0.3) is 0 Å². The maximum absolute atomic E-state index is 2.41. The molecule has 0 spiro atoms. The molecule has 0 saturated carbocycles. The first-order valence-corrected chi connectivity index (χ1v) is 8.79. The van der Waals surface area contributed by atoms with Crippen molar-refractivity contribution in [2.75, 3.05) is 0 Å². The molecule has 0 aromatic rings. The molecule has 0 N–H and O–H groups in total. The second-order valence-corrected chi connectivity index (χ2v) is 9.30. The monoisotopic (exact) mass is 304 g/mol. The molecule has 0 aromatic heterocycles. The summed E-state index contributed by atoms with van der Waals surface area (Å²) in [6.45, 7) is 25.4. The zero-order chi connectivity index (χ0) is 17.8. The largest absolute Gasteiger partial charge is 0.0874 e. The summed E-state index contributed by atoms with van der Waals surface area (Å²) < 4.78 is 0. The van der Waals surface area contributed by atoms with E-state index in [0.717, 1.165) is 0 Å². The van der Waals surface area contributed by atoms with Gasteiger partial charge in [-0.1, -0.05) is 86.6 Å². The van der Waals surface area contributed by atoms with Crippen LogP contribution in [0, 0.1) is 22.2 Å². The highest BCUT2D eigenvalue weighted by Crippen LogP contribution is 2.44. The Labute approximate surface area is 140 Å². The fraction of sp³-hybridized carbons (Fsp3) is 0.727. The molecule has 0 heterocycles. The molecule has 0 aliphatic rings. The van der Waals surface area contributed by atoms with E-state index in [1.165, 1.54) is 17.6 Å². The molecule has 128 valence electrons. The summed E-state index contributed by atoms with van der Waals surface area (Å²) in [4.78, 5) is 0. The van der Waals surface area contributed by atoms with Gasteiger partial charge in [-0.05, 0) is 53.6 Å². The first kappa shape index (κ1) is 21.2. The lowest BCUT2D eigenvalue weighted by molar-refractivity contribution is 0.163. The summed E-state index contributed by atoms with van der Waals surface area (Å²) in [5.74, 6) is 0.683. The van der Waals surface area contributed by atoms with Gasteiger partial charge in [-0.3, -0.25) is 0 Å². The van der Waals surface area contributed by atoms with E-state index in [1.807, 2.05) is 0 Å². The molecule has 22 heavy (non-hydrogen) atoms. The van der Waals surface area contributed by atoms with Crippen molar-refractivity contribution in [3.8, 4) is 0 Å². The zero-order valence-electron chi connectivity index (χ0n) is 17.1. The predicted octanol–water partition coefficient (Wildman–Crippen LogP) is 7.58. The number of hydrogen-bond acceptors (Lipinski definition) is 0. The predicted molar refractivity (Wildman–Crippen MR) is 103 cm³/mol.